The normalized spacial score (nSPS) is 11.2. The van der Waals surface area contributed by atoms with Gasteiger partial charge in [0.1, 0.15) is 10.0 Å². The Balaban J connectivity index is 2.10. The lowest BCUT2D eigenvalue weighted by molar-refractivity contribution is 0.0945. The number of carbonyl (C=O) groups is 1. The van der Waals surface area contributed by atoms with Gasteiger partial charge in [0, 0.05) is 11.8 Å². The molecule has 116 valence electrons. The predicted molar refractivity (Wildman–Crippen MR) is 85.9 cm³/mol. The van der Waals surface area contributed by atoms with Crippen molar-refractivity contribution in [3.05, 3.63) is 57.3 Å². The summed E-state index contributed by atoms with van der Waals surface area (Å²) in [6.07, 6.45) is 1.09. The summed E-state index contributed by atoms with van der Waals surface area (Å²) in [5, 5.41) is 0.141. The molecule has 0 unspecified atom stereocenters. The largest absolute Gasteiger partial charge is 0.273 e. The molecule has 0 radical (unpaired) electrons. The molecule has 0 spiro atoms. The number of aromatic nitrogens is 1. The van der Waals surface area contributed by atoms with Crippen LogP contribution in [0.4, 0.5) is 0 Å². The second-order valence-corrected chi connectivity index (χ2v) is 7.26. The van der Waals surface area contributed by atoms with Crippen LogP contribution in [0.15, 0.2) is 45.9 Å². The van der Waals surface area contributed by atoms with Crippen LogP contribution in [0.2, 0.25) is 5.15 Å². The zero-order valence-corrected chi connectivity index (χ0v) is 14.5. The molecule has 1 aromatic carbocycles. The monoisotopic (exact) mass is 403 g/mol. The smallest absolute Gasteiger partial charge is 0.266 e. The molecule has 9 heteroatoms. The number of amides is 1. The summed E-state index contributed by atoms with van der Waals surface area (Å²) in [4.78, 5) is 17.5. The predicted octanol–water partition coefficient (Wildman–Crippen LogP) is 2.43. The number of aryl methyl sites for hydroxylation is 1. The first-order chi connectivity index (χ1) is 10.3. The van der Waals surface area contributed by atoms with Gasteiger partial charge in [-0.15, -0.1) is 4.83 Å². The van der Waals surface area contributed by atoms with E-state index in [9.17, 15) is 13.2 Å². The molecular formula is C13H11BrClN3O3S. The Morgan fingerprint density at radius 1 is 1.27 bits per heavy atom. The lowest BCUT2D eigenvalue weighted by Crippen LogP contribution is -2.41. The highest BCUT2D eigenvalue weighted by molar-refractivity contribution is 9.10. The van der Waals surface area contributed by atoms with Gasteiger partial charge < -0.3 is 0 Å². The average Bonchev–Trinajstić information content (AvgIpc) is 2.48. The van der Waals surface area contributed by atoms with Gasteiger partial charge in [-0.1, -0.05) is 29.3 Å². The van der Waals surface area contributed by atoms with Crippen molar-refractivity contribution in [1.82, 2.24) is 15.2 Å². The van der Waals surface area contributed by atoms with Crippen LogP contribution in [0.25, 0.3) is 0 Å². The molecule has 1 amide bonds. The molecule has 2 N–H and O–H groups in total. The van der Waals surface area contributed by atoms with Crippen molar-refractivity contribution in [1.29, 1.82) is 0 Å². The summed E-state index contributed by atoms with van der Waals surface area (Å²) < 4.78 is 24.4. The summed E-state index contributed by atoms with van der Waals surface area (Å²) in [5.74, 6) is -0.565. The molecule has 0 aliphatic rings. The maximum Gasteiger partial charge on any atom is 0.266 e. The lowest BCUT2D eigenvalue weighted by atomic mass is 10.1. The minimum atomic E-state index is -3.94. The number of nitrogens with zero attached hydrogens (tertiary/aromatic N) is 1. The molecule has 0 atom stereocenters. The molecule has 0 fully saturated rings. The van der Waals surface area contributed by atoms with Crippen molar-refractivity contribution in [2.75, 3.05) is 0 Å². The lowest BCUT2D eigenvalue weighted by Gasteiger charge is -2.09. The molecule has 2 rings (SSSR count). The van der Waals surface area contributed by atoms with Gasteiger partial charge in [-0.2, -0.15) is 0 Å². The average molecular weight is 405 g/mol. The minimum Gasteiger partial charge on any atom is -0.273 e. The molecular weight excluding hydrogens is 394 g/mol. The zero-order valence-electron chi connectivity index (χ0n) is 11.3. The summed E-state index contributed by atoms with van der Waals surface area (Å²) in [6, 6.07) is 7.99. The van der Waals surface area contributed by atoms with Crippen LogP contribution in [0.5, 0.6) is 0 Å². The van der Waals surface area contributed by atoms with Crippen molar-refractivity contribution < 1.29 is 13.2 Å². The first kappa shape index (κ1) is 16.9. The van der Waals surface area contributed by atoms with Crippen molar-refractivity contribution in [3.8, 4) is 0 Å². The fraction of sp³-hybridized carbons (Fsp3) is 0.0769. The van der Waals surface area contributed by atoms with Crippen LogP contribution < -0.4 is 10.3 Å². The molecule has 0 aliphatic carbocycles. The minimum absolute atomic E-state index is 0.131. The van der Waals surface area contributed by atoms with E-state index in [0.717, 1.165) is 11.8 Å². The van der Waals surface area contributed by atoms with Gasteiger partial charge in [0.05, 0.1) is 4.47 Å². The van der Waals surface area contributed by atoms with Gasteiger partial charge in [0.25, 0.3) is 15.9 Å². The Kier molecular flexibility index (Phi) is 5.17. The van der Waals surface area contributed by atoms with E-state index in [1.807, 2.05) is 11.8 Å². The van der Waals surface area contributed by atoms with E-state index in [0.29, 0.717) is 10.0 Å². The molecule has 1 aromatic heterocycles. The number of hydrogen-bond donors (Lipinski definition) is 2. The van der Waals surface area contributed by atoms with Crippen LogP contribution in [0.3, 0.4) is 0 Å². The second-order valence-electron chi connectivity index (χ2n) is 4.37. The fourth-order valence-corrected chi connectivity index (χ4v) is 2.91. The van der Waals surface area contributed by atoms with E-state index >= 15 is 0 Å². The number of halogens is 2. The summed E-state index contributed by atoms with van der Waals surface area (Å²) >= 11 is 8.80. The summed E-state index contributed by atoms with van der Waals surface area (Å²) in [6.45, 7) is 1.88. The topological polar surface area (TPSA) is 88.2 Å². The Bertz CT molecular complexity index is 810. The number of pyridine rings is 1. The maximum atomic E-state index is 12.1. The third-order valence-electron chi connectivity index (χ3n) is 2.69. The zero-order chi connectivity index (χ0) is 16.3. The summed E-state index contributed by atoms with van der Waals surface area (Å²) in [7, 11) is -3.94. The Morgan fingerprint density at radius 2 is 1.91 bits per heavy atom. The molecule has 0 bridgehead atoms. The highest BCUT2D eigenvalue weighted by Gasteiger charge is 2.17. The number of sulfonamides is 1. The molecule has 0 saturated carbocycles. The molecule has 22 heavy (non-hydrogen) atoms. The maximum absolute atomic E-state index is 12.1. The Labute approximate surface area is 141 Å². The second kappa shape index (κ2) is 6.74. The Morgan fingerprint density at radius 3 is 2.50 bits per heavy atom. The summed E-state index contributed by atoms with van der Waals surface area (Å²) in [5.41, 5.74) is 3.47. The quantitative estimate of drug-likeness (QED) is 0.605. The molecule has 0 saturated heterocycles. The molecule has 1 heterocycles. The first-order valence-corrected chi connectivity index (χ1v) is 8.65. The number of benzene rings is 1. The SMILES string of the molecule is Cc1ccc(C(=O)NNS(=O)(=O)c2cnc(Cl)c(Br)c2)cc1. The third-order valence-corrected chi connectivity index (χ3v) is 5.04. The van der Waals surface area contributed by atoms with E-state index in [1.165, 1.54) is 6.07 Å². The van der Waals surface area contributed by atoms with Crippen LogP contribution in [0.1, 0.15) is 15.9 Å². The molecule has 2 aromatic rings. The van der Waals surface area contributed by atoms with Gasteiger partial charge >= 0.3 is 0 Å². The van der Waals surface area contributed by atoms with E-state index in [4.69, 9.17) is 11.6 Å². The van der Waals surface area contributed by atoms with E-state index in [-0.39, 0.29) is 10.0 Å². The van der Waals surface area contributed by atoms with Crippen LogP contribution in [0, 0.1) is 6.92 Å². The van der Waals surface area contributed by atoms with Gasteiger partial charge in [-0.25, -0.2) is 13.4 Å². The van der Waals surface area contributed by atoms with Crippen LogP contribution in [-0.4, -0.2) is 19.3 Å². The van der Waals surface area contributed by atoms with Crippen molar-refractivity contribution in [2.45, 2.75) is 11.8 Å². The number of rotatable bonds is 4. The van der Waals surface area contributed by atoms with Gasteiger partial charge in [-0.05, 0) is 41.1 Å². The standard InChI is InChI=1S/C13H11BrClN3O3S/c1-8-2-4-9(5-3-8)13(19)17-18-22(20,21)10-6-11(14)12(15)16-7-10/h2-7,18H,1H3,(H,17,19). The first-order valence-electron chi connectivity index (χ1n) is 5.99. The van der Waals surface area contributed by atoms with Gasteiger partial charge in [0.2, 0.25) is 0 Å². The Hall–Kier alpha value is -1.48. The van der Waals surface area contributed by atoms with Crippen LogP contribution in [-0.2, 0) is 10.0 Å². The van der Waals surface area contributed by atoms with E-state index in [2.05, 4.69) is 26.3 Å². The highest BCUT2D eigenvalue weighted by atomic mass is 79.9. The van der Waals surface area contributed by atoms with Gasteiger partial charge in [0.15, 0.2) is 0 Å². The number of hydrogen-bond acceptors (Lipinski definition) is 4. The molecule has 6 nitrogen and oxygen atoms in total. The van der Waals surface area contributed by atoms with Crippen molar-refractivity contribution >= 4 is 43.5 Å². The highest BCUT2D eigenvalue weighted by Crippen LogP contribution is 2.22. The fourth-order valence-electron chi connectivity index (χ4n) is 1.50. The number of hydrazine groups is 1. The molecule has 0 aliphatic heterocycles. The van der Waals surface area contributed by atoms with E-state index in [1.54, 1.807) is 24.3 Å². The number of nitrogens with one attached hydrogen (secondary N) is 2. The van der Waals surface area contributed by atoms with Crippen LogP contribution >= 0.6 is 27.5 Å². The number of carbonyl (C=O) groups excluding carboxylic acids is 1. The van der Waals surface area contributed by atoms with E-state index < -0.39 is 15.9 Å². The third kappa shape index (κ3) is 4.04. The van der Waals surface area contributed by atoms with Gasteiger partial charge in [-0.3, -0.25) is 10.2 Å². The van der Waals surface area contributed by atoms with Crippen molar-refractivity contribution in [3.63, 3.8) is 0 Å². The van der Waals surface area contributed by atoms with Crippen molar-refractivity contribution in [2.24, 2.45) is 0 Å².